The van der Waals surface area contributed by atoms with Crippen molar-refractivity contribution in [3.05, 3.63) is 333 Å². The molecule has 0 fully saturated rings. The Balaban J connectivity index is 0.908. The molecule has 0 aliphatic carbocycles. The zero-order valence-electron chi connectivity index (χ0n) is 52.6. The smallest absolute Gasteiger partial charge is 0.252 e. The zero-order valence-corrected chi connectivity index (χ0v) is 52.6. The van der Waals surface area contributed by atoms with E-state index in [1.54, 1.807) is 0 Å². The van der Waals surface area contributed by atoms with Crippen molar-refractivity contribution in [2.24, 2.45) is 0 Å². The third kappa shape index (κ3) is 9.85. The van der Waals surface area contributed by atoms with Gasteiger partial charge in [-0.2, -0.15) is 10.5 Å². The molecule has 2 aliphatic heterocycles. The summed E-state index contributed by atoms with van der Waals surface area (Å²) in [5.41, 5.74) is 23.8. The van der Waals surface area contributed by atoms with E-state index in [4.69, 9.17) is 24.9 Å². The lowest BCUT2D eigenvalue weighted by atomic mass is 9.33. The molecule has 0 saturated heterocycles. The fraction of sp³-hybridized carbons (Fsp3) is 0. The summed E-state index contributed by atoms with van der Waals surface area (Å²) in [4.78, 5) is 31.5. The van der Waals surface area contributed by atoms with Crippen molar-refractivity contribution in [3.63, 3.8) is 0 Å². The molecule has 13 aromatic carbocycles. The Bertz CT molecular complexity index is 5650. The van der Waals surface area contributed by atoms with Gasteiger partial charge in [-0.05, 0) is 148 Å². The molecule has 0 radical (unpaired) electrons. The first-order valence-electron chi connectivity index (χ1n) is 32.6. The lowest BCUT2D eigenvalue weighted by Gasteiger charge is -2.44. The minimum absolute atomic E-state index is 0.237. The highest BCUT2D eigenvalue weighted by Gasteiger charge is 2.44. The summed E-state index contributed by atoms with van der Waals surface area (Å²) in [7, 11) is 0. The molecule has 3 aromatic heterocycles. The van der Waals surface area contributed by atoms with E-state index in [1.807, 2.05) is 133 Å². The van der Waals surface area contributed by atoms with Crippen LogP contribution < -0.4 is 26.2 Å². The van der Waals surface area contributed by atoms with Crippen LogP contribution in [0.15, 0.2) is 322 Å². The molecular weight excluding hydrogens is 1200 g/mol. The van der Waals surface area contributed by atoms with E-state index in [0.717, 1.165) is 145 Å². The first kappa shape index (κ1) is 57.1. The summed E-state index contributed by atoms with van der Waals surface area (Å²) in [5, 5.41) is 23.2. The molecule has 98 heavy (non-hydrogen) atoms. The van der Waals surface area contributed by atoms with Crippen LogP contribution in [0.25, 0.3) is 118 Å². The van der Waals surface area contributed by atoms with Crippen LogP contribution in [0.5, 0.6) is 0 Å². The van der Waals surface area contributed by atoms with Crippen LogP contribution in [0, 0.1) is 22.7 Å². The molecule has 454 valence electrons. The standard InChI is InChI=1S/C87H53BN10/c89-54-56-36-41-72-79(46-56)96(67-32-18-6-19-33-67)81-51-66(52-82-83(81)88(72)73-42-37-57(55-90)47-80(73)97(82)68-34-20-7-21-35-68)64-39-44-77-70(49-64)69-48-63(58-22-8-1-9-23-58)38-43-76(69)98(77)78-45-40-65(86-91-74(59-24-10-2-11-25-59)53-75(92-86)60-26-12-3-13-27-60)50-71(78)87-94-84(61-28-14-4-15-29-61)93-85(95-87)62-30-16-5-17-31-62/h1-53H. The number of fused-ring (bicyclic) bond motifs is 7. The number of rotatable bonds is 11. The first-order valence-corrected chi connectivity index (χ1v) is 32.6. The van der Waals surface area contributed by atoms with Gasteiger partial charge in [0.2, 0.25) is 0 Å². The van der Waals surface area contributed by atoms with Gasteiger partial charge in [0.05, 0.1) is 51.4 Å². The lowest BCUT2D eigenvalue weighted by molar-refractivity contribution is 1.06. The van der Waals surface area contributed by atoms with Crippen molar-refractivity contribution in [2.75, 3.05) is 9.80 Å². The molecule has 16 aromatic rings. The van der Waals surface area contributed by atoms with Gasteiger partial charge in [0, 0.05) is 78.3 Å². The van der Waals surface area contributed by atoms with E-state index >= 15 is 0 Å². The topological polar surface area (TPSA) is 123 Å². The Kier molecular flexibility index (Phi) is 13.8. The Labute approximate surface area is 566 Å². The van der Waals surface area contributed by atoms with Crippen molar-refractivity contribution < 1.29 is 0 Å². The van der Waals surface area contributed by atoms with Crippen molar-refractivity contribution in [2.45, 2.75) is 0 Å². The number of aromatic nitrogens is 6. The van der Waals surface area contributed by atoms with Crippen molar-refractivity contribution in [3.8, 4) is 108 Å². The predicted molar refractivity (Wildman–Crippen MR) is 397 cm³/mol. The number of hydrogen-bond acceptors (Lipinski definition) is 9. The Morgan fingerprint density at radius 3 is 1.13 bits per heavy atom. The molecule has 18 rings (SSSR count). The Hall–Kier alpha value is -13.6. The van der Waals surface area contributed by atoms with Crippen LogP contribution in [0.2, 0.25) is 0 Å². The van der Waals surface area contributed by atoms with E-state index in [2.05, 4.69) is 215 Å². The molecule has 10 nitrogen and oxygen atoms in total. The molecular formula is C87H53BN10. The van der Waals surface area contributed by atoms with Gasteiger partial charge >= 0.3 is 0 Å². The molecule has 0 atom stereocenters. The SMILES string of the molecule is N#Cc1ccc2c(c1)N(c1ccccc1)c1cc(-c3ccc4c(c3)c3cc(-c5ccccc5)ccc3n4-c3ccc(-c4nc(-c5ccccc5)cc(-c5ccccc5)n4)cc3-c3nc(-c4ccccc4)nc(-c4ccccc4)n3)cc3c1B2c1ccc(C#N)cc1N3c1ccccc1. The van der Waals surface area contributed by atoms with Crippen molar-refractivity contribution in [1.82, 2.24) is 29.5 Å². The van der Waals surface area contributed by atoms with Crippen molar-refractivity contribution in [1.29, 1.82) is 10.5 Å². The first-order chi connectivity index (χ1) is 48.5. The van der Waals surface area contributed by atoms with Crippen LogP contribution in [0.1, 0.15) is 11.1 Å². The predicted octanol–water partition coefficient (Wildman–Crippen LogP) is 18.9. The number of nitriles is 2. The number of anilines is 6. The highest BCUT2D eigenvalue weighted by molar-refractivity contribution is 7.00. The fourth-order valence-electron chi connectivity index (χ4n) is 14.3. The number of nitrogens with zero attached hydrogens (tertiary/aromatic N) is 10. The van der Waals surface area contributed by atoms with E-state index in [1.165, 1.54) is 0 Å². The number of benzene rings is 13. The van der Waals surface area contributed by atoms with E-state index in [0.29, 0.717) is 34.4 Å². The van der Waals surface area contributed by atoms with Gasteiger partial charge in [-0.25, -0.2) is 24.9 Å². The van der Waals surface area contributed by atoms with E-state index in [-0.39, 0.29) is 6.71 Å². The second-order valence-corrected chi connectivity index (χ2v) is 24.6. The van der Waals surface area contributed by atoms with Gasteiger partial charge < -0.3 is 14.4 Å². The zero-order chi connectivity index (χ0) is 65.2. The highest BCUT2D eigenvalue weighted by Crippen LogP contribution is 2.48. The third-order valence-electron chi connectivity index (χ3n) is 18.9. The minimum atomic E-state index is -0.237. The fourth-order valence-corrected chi connectivity index (χ4v) is 14.3. The van der Waals surface area contributed by atoms with Crippen LogP contribution in [-0.4, -0.2) is 36.2 Å². The maximum Gasteiger partial charge on any atom is 0.252 e. The number of hydrogen-bond donors (Lipinski definition) is 0. The van der Waals surface area contributed by atoms with Gasteiger partial charge in [-0.3, -0.25) is 0 Å². The summed E-state index contributed by atoms with van der Waals surface area (Å²) in [6.07, 6.45) is 0. The summed E-state index contributed by atoms with van der Waals surface area (Å²) in [6, 6.07) is 116. The van der Waals surface area contributed by atoms with Crippen molar-refractivity contribution >= 4 is 79.0 Å². The maximum absolute atomic E-state index is 10.6. The van der Waals surface area contributed by atoms with E-state index < -0.39 is 0 Å². The number of para-hydroxylation sites is 2. The van der Waals surface area contributed by atoms with Crippen LogP contribution in [0.4, 0.5) is 34.1 Å². The molecule has 0 bridgehead atoms. The average molecular weight is 1250 g/mol. The van der Waals surface area contributed by atoms with Gasteiger partial charge in [0.15, 0.2) is 23.3 Å². The molecule has 5 heterocycles. The van der Waals surface area contributed by atoms with Gasteiger partial charge in [0.25, 0.3) is 6.71 Å². The van der Waals surface area contributed by atoms with Crippen LogP contribution >= 0.6 is 0 Å². The quantitative estimate of drug-likeness (QED) is 0.116. The average Bonchev–Trinajstić information content (AvgIpc) is 0.741. The normalized spacial score (nSPS) is 12.0. The second kappa shape index (κ2) is 23.8. The lowest BCUT2D eigenvalue weighted by Crippen LogP contribution is -2.61. The molecule has 0 N–H and O–H groups in total. The van der Waals surface area contributed by atoms with Gasteiger partial charge in [-0.1, -0.05) is 212 Å². The largest absolute Gasteiger partial charge is 0.311 e. The summed E-state index contributed by atoms with van der Waals surface area (Å²) < 4.78 is 2.36. The second-order valence-electron chi connectivity index (χ2n) is 24.6. The summed E-state index contributed by atoms with van der Waals surface area (Å²) >= 11 is 0. The van der Waals surface area contributed by atoms with Gasteiger partial charge in [-0.15, -0.1) is 0 Å². The van der Waals surface area contributed by atoms with Crippen LogP contribution in [-0.2, 0) is 0 Å². The monoisotopic (exact) mass is 1250 g/mol. The Morgan fingerprint density at radius 1 is 0.276 bits per heavy atom. The van der Waals surface area contributed by atoms with Gasteiger partial charge in [0.1, 0.15) is 0 Å². The third-order valence-corrected chi connectivity index (χ3v) is 18.9. The maximum atomic E-state index is 10.6. The molecule has 0 saturated carbocycles. The Morgan fingerprint density at radius 2 is 0.673 bits per heavy atom. The summed E-state index contributed by atoms with van der Waals surface area (Å²) in [6.45, 7) is -0.237. The molecule has 0 unspecified atom stereocenters. The van der Waals surface area contributed by atoms with Crippen LogP contribution in [0.3, 0.4) is 0 Å². The van der Waals surface area contributed by atoms with E-state index in [9.17, 15) is 10.5 Å². The molecule has 2 aliphatic rings. The molecule has 0 spiro atoms. The molecule has 0 amide bonds. The minimum Gasteiger partial charge on any atom is -0.311 e. The summed E-state index contributed by atoms with van der Waals surface area (Å²) in [5.74, 6) is 2.10. The highest BCUT2D eigenvalue weighted by atomic mass is 15.2. The molecule has 11 heteroatoms.